The third kappa shape index (κ3) is 3.84. The lowest BCUT2D eigenvalue weighted by atomic mass is 9.96. The Labute approximate surface area is 179 Å². The molecule has 4 heterocycles. The highest BCUT2D eigenvalue weighted by Crippen LogP contribution is 2.32. The number of fused-ring (bicyclic) bond motifs is 1. The van der Waals surface area contributed by atoms with E-state index in [9.17, 15) is 0 Å². The normalized spacial score (nSPS) is 15.4. The van der Waals surface area contributed by atoms with Gasteiger partial charge in [-0.05, 0) is 50.2 Å². The first kappa shape index (κ1) is 19.5. The summed E-state index contributed by atoms with van der Waals surface area (Å²) in [6.45, 7) is 2.50. The zero-order valence-electron chi connectivity index (χ0n) is 17.6. The Morgan fingerprint density at radius 2 is 1.94 bits per heavy atom. The van der Waals surface area contributed by atoms with Crippen LogP contribution in [0.2, 0.25) is 0 Å². The average molecular weight is 420 g/mol. The number of methoxy groups -OCH3 is 2. The largest absolute Gasteiger partial charge is 0.497 e. The molecule has 0 bridgehead atoms. The van der Waals surface area contributed by atoms with Gasteiger partial charge in [0.25, 0.3) is 0 Å². The Morgan fingerprint density at radius 3 is 2.74 bits per heavy atom. The fourth-order valence-electron chi connectivity index (χ4n) is 4.09. The molecule has 0 unspecified atom stereocenters. The maximum atomic E-state index is 5.52. The van der Waals surface area contributed by atoms with Gasteiger partial charge in [-0.3, -0.25) is 9.30 Å². The highest BCUT2D eigenvalue weighted by Gasteiger charge is 2.25. The minimum atomic E-state index is 0.399. The Hall–Kier alpha value is -3.46. The molecule has 3 aromatic heterocycles. The first-order chi connectivity index (χ1) is 15.2. The smallest absolute Gasteiger partial charge is 0.241 e. The Balaban J connectivity index is 1.24. The van der Waals surface area contributed by atoms with E-state index in [1.54, 1.807) is 14.2 Å². The van der Waals surface area contributed by atoms with Gasteiger partial charge in [-0.15, -0.1) is 10.2 Å². The van der Waals surface area contributed by atoms with E-state index in [2.05, 4.69) is 29.6 Å². The molecule has 4 aromatic rings. The summed E-state index contributed by atoms with van der Waals surface area (Å²) in [7, 11) is 3.23. The molecule has 0 radical (unpaired) electrons. The molecule has 1 aliphatic rings. The third-order valence-corrected chi connectivity index (χ3v) is 5.77. The number of hydrogen-bond donors (Lipinski definition) is 0. The second-order valence-electron chi connectivity index (χ2n) is 7.62. The van der Waals surface area contributed by atoms with Gasteiger partial charge in [0.2, 0.25) is 11.7 Å². The zero-order valence-corrected chi connectivity index (χ0v) is 17.6. The van der Waals surface area contributed by atoms with Gasteiger partial charge in [0, 0.05) is 18.2 Å². The lowest BCUT2D eigenvalue weighted by Crippen LogP contribution is -2.33. The number of likely N-dealkylation sites (tertiary alicyclic amines) is 1. The van der Waals surface area contributed by atoms with Crippen molar-refractivity contribution in [3.63, 3.8) is 0 Å². The molecular weight excluding hydrogens is 396 g/mol. The summed E-state index contributed by atoms with van der Waals surface area (Å²) >= 11 is 0. The van der Waals surface area contributed by atoms with E-state index in [0.717, 1.165) is 43.0 Å². The maximum absolute atomic E-state index is 5.52. The molecule has 160 valence electrons. The van der Waals surface area contributed by atoms with Crippen LogP contribution in [0.4, 0.5) is 0 Å². The average Bonchev–Trinajstić information content (AvgIpc) is 3.46. The summed E-state index contributed by atoms with van der Waals surface area (Å²) in [5.74, 6) is 3.91. The standard InChI is InChI=1S/C22H24N6O3/c1-29-16-6-7-17(18(13-16)30-2)21-23-20(31-26-21)14-27-11-8-15(9-12-27)22-25-24-19-5-3-4-10-28(19)22/h3-7,10,13,15H,8-9,11-12,14H2,1-2H3. The van der Waals surface area contributed by atoms with Gasteiger partial charge >= 0.3 is 0 Å². The van der Waals surface area contributed by atoms with Crippen molar-refractivity contribution in [1.82, 2.24) is 29.6 Å². The van der Waals surface area contributed by atoms with E-state index in [1.165, 1.54) is 0 Å². The predicted octanol–water partition coefficient (Wildman–Crippen LogP) is 3.18. The van der Waals surface area contributed by atoms with E-state index in [0.29, 0.717) is 35.7 Å². The van der Waals surface area contributed by atoms with E-state index in [-0.39, 0.29) is 0 Å². The molecule has 0 aliphatic carbocycles. The SMILES string of the molecule is COc1ccc(-c2noc(CN3CCC(c4nnc5ccccn45)CC3)n2)c(OC)c1. The molecule has 0 saturated carbocycles. The maximum Gasteiger partial charge on any atom is 0.241 e. The van der Waals surface area contributed by atoms with Crippen molar-refractivity contribution in [2.24, 2.45) is 0 Å². The molecule has 0 N–H and O–H groups in total. The van der Waals surface area contributed by atoms with Gasteiger partial charge in [0.05, 0.1) is 26.3 Å². The highest BCUT2D eigenvalue weighted by atomic mass is 16.5. The molecule has 0 spiro atoms. The number of pyridine rings is 1. The van der Waals surface area contributed by atoms with Crippen LogP contribution in [0.25, 0.3) is 17.0 Å². The second-order valence-corrected chi connectivity index (χ2v) is 7.62. The van der Waals surface area contributed by atoms with Crippen molar-refractivity contribution >= 4 is 5.65 Å². The predicted molar refractivity (Wildman–Crippen MR) is 113 cm³/mol. The Kier molecular flexibility index (Phi) is 5.25. The molecule has 1 saturated heterocycles. The molecule has 1 fully saturated rings. The van der Waals surface area contributed by atoms with Crippen molar-refractivity contribution in [3.05, 3.63) is 54.3 Å². The molecule has 5 rings (SSSR count). The van der Waals surface area contributed by atoms with Crippen molar-refractivity contribution in [3.8, 4) is 22.9 Å². The molecule has 9 heteroatoms. The zero-order chi connectivity index (χ0) is 21.2. The van der Waals surface area contributed by atoms with Crippen LogP contribution in [0.5, 0.6) is 11.5 Å². The molecule has 0 atom stereocenters. The quantitative estimate of drug-likeness (QED) is 0.470. The van der Waals surface area contributed by atoms with E-state index in [1.807, 2.05) is 42.6 Å². The minimum absolute atomic E-state index is 0.399. The Bertz CT molecular complexity index is 1180. The van der Waals surface area contributed by atoms with Crippen LogP contribution >= 0.6 is 0 Å². The van der Waals surface area contributed by atoms with Crippen molar-refractivity contribution in [2.45, 2.75) is 25.3 Å². The third-order valence-electron chi connectivity index (χ3n) is 5.77. The fourth-order valence-corrected chi connectivity index (χ4v) is 4.09. The monoisotopic (exact) mass is 420 g/mol. The van der Waals surface area contributed by atoms with Gasteiger partial charge in [-0.25, -0.2) is 0 Å². The van der Waals surface area contributed by atoms with Gasteiger partial charge in [0.15, 0.2) is 5.65 Å². The topological polar surface area (TPSA) is 90.8 Å². The van der Waals surface area contributed by atoms with Gasteiger partial charge in [-0.2, -0.15) is 4.98 Å². The minimum Gasteiger partial charge on any atom is -0.497 e. The molecule has 0 amide bonds. The summed E-state index contributed by atoms with van der Waals surface area (Å²) in [5, 5.41) is 12.9. The van der Waals surface area contributed by atoms with Crippen LogP contribution < -0.4 is 9.47 Å². The first-order valence-electron chi connectivity index (χ1n) is 10.3. The summed E-state index contributed by atoms with van der Waals surface area (Å²) in [6.07, 6.45) is 4.07. The highest BCUT2D eigenvalue weighted by molar-refractivity contribution is 5.65. The van der Waals surface area contributed by atoms with Crippen molar-refractivity contribution in [1.29, 1.82) is 0 Å². The molecular formula is C22H24N6O3. The number of benzene rings is 1. The van der Waals surface area contributed by atoms with E-state index < -0.39 is 0 Å². The summed E-state index contributed by atoms with van der Waals surface area (Å²) in [4.78, 5) is 6.92. The number of nitrogens with zero attached hydrogens (tertiary/aromatic N) is 6. The summed E-state index contributed by atoms with van der Waals surface area (Å²) in [6, 6.07) is 11.5. The Morgan fingerprint density at radius 1 is 1.06 bits per heavy atom. The number of ether oxygens (including phenoxy) is 2. The van der Waals surface area contributed by atoms with Gasteiger partial charge in [-0.1, -0.05) is 11.2 Å². The number of rotatable bonds is 6. The lowest BCUT2D eigenvalue weighted by molar-refractivity contribution is 0.178. The van der Waals surface area contributed by atoms with Crippen LogP contribution in [0, 0.1) is 0 Å². The number of aromatic nitrogens is 5. The van der Waals surface area contributed by atoms with Crippen LogP contribution in [-0.2, 0) is 6.54 Å². The van der Waals surface area contributed by atoms with Crippen LogP contribution in [0.1, 0.15) is 30.5 Å². The number of piperidine rings is 1. The fraction of sp³-hybridized carbons (Fsp3) is 0.364. The summed E-state index contributed by atoms with van der Waals surface area (Å²) < 4.78 is 18.3. The molecule has 1 aliphatic heterocycles. The second kappa shape index (κ2) is 8.35. The number of hydrogen-bond acceptors (Lipinski definition) is 8. The molecule has 9 nitrogen and oxygen atoms in total. The molecule has 31 heavy (non-hydrogen) atoms. The van der Waals surface area contributed by atoms with Crippen LogP contribution in [-0.4, -0.2) is 56.9 Å². The van der Waals surface area contributed by atoms with Crippen molar-refractivity contribution < 1.29 is 14.0 Å². The van der Waals surface area contributed by atoms with Crippen LogP contribution in [0.3, 0.4) is 0 Å². The lowest BCUT2D eigenvalue weighted by Gasteiger charge is -2.29. The van der Waals surface area contributed by atoms with E-state index >= 15 is 0 Å². The summed E-state index contributed by atoms with van der Waals surface area (Å²) in [5.41, 5.74) is 1.67. The van der Waals surface area contributed by atoms with Gasteiger partial charge < -0.3 is 14.0 Å². The van der Waals surface area contributed by atoms with Gasteiger partial charge in [0.1, 0.15) is 17.3 Å². The van der Waals surface area contributed by atoms with E-state index in [4.69, 9.17) is 14.0 Å². The molecule has 1 aromatic carbocycles. The first-order valence-corrected chi connectivity index (χ1v) is 10.3. The van der Waals surface area contributed by atoms with Crippen molar-refractivity contribution in [2.75, 3.05) is 27.3 Å². The van der Waals surface area contributed by atoms with Crippen LogP contribution in [0.15, 0.2) is 47.1 Å².